The molecule has 0 saturated heterocycles. The van der Waals surface area contributed by atoms with Crippen LogP contribution >= 0.6 is 23.2 Å². The van der Waals surface area contributed by atoms with E-state index in [1.54, 1.807) is 0 Å². The molecule has 0 unspecified atom stereocenters. The molecule has 8 aromatic rings. The molecule has 0 fully saturated rings. The Bertz CT molecular complexity index is 2270. The predicted molar refractivity (Wildman–Crippen MR) is 191 cm³/mol. The van der Waals surface area contributed by atoms with E-state index in [2.05, 4.69) is 143 Å². The summed E-state index contributed by atoms with van der Waals surface area (Å²) >= 11 is 12.3. The van der Waals surface area contributed by atoms with Crippen LogP contribution in [0.4, 0.5) is 0 Å². The van der Waals surface area contributed by atoms with Crippen LogP contribution in [0, 0.1) is 12.1 Å². The standard InChI is InChI=1S/2C21H13ClN.Zr/c2*22-15-10-11-17-14(12-15)13-19-18-8-4-5-9-20(18)23(21(17)19)16-6-2-1-3-7-16;/h2*1-11H,13H2;/q2*-1;+2. The van der Waals surface area contributed by atoms with Gasteiger partial charge in [-0.3, -0.25) is 0 Å². The van der Waals surface area contributed by atoms with Crippen molar-refractivity contribution in [2.24, 2.45) is 0 Å². The molecule has 2 aromatic heterocycles. The average Bonchev–Trinajstić information content (AvgIpc) is 3.82. The van der Waals surface area contributed by atoms with E-state index in [-0.39, 0.29) is 26.2 Å². The molecule has 0 spiro atoms. The molecule has 0 atom stereocenters. The van der Waals surface area contributed by atoms with Gasteiger partial charge >= 0.3 is 26.2 Å². The van der Waals surface area contributed by atoms with E-state index in [9.17, 15) is 0 Å². The molecule has 0 bridgehead atoms. The third-order valence-corrected chi connectivity index (χ3v) is 9.63. The summed E-state index contributed by atoms with van der Waals surface area (Å²) in [6, 6.07) is 53.0. The van der Waals surface area contributed by atoms with E-state index in [1.165, 1.54) is 77.9 Å². The molecule has 0 N–H and O–H groups in total. The monoisotopic (exact) mass is 718 g/mol. The molecule has 0 aliphatic heterocycles. The molecule has 10 rings (SSSR count). The normalized spacial score (nSPS) is 12.1. The number of aromatic nitrogens is 2. The number of para-hydroxylation sites is 4. The van der Waals surface area contributed by atoms with Crippen LogP contribution in [0.2, 0.25) is 10.0 Å². The fourth-order valence-electron chi connectivity index (χ4n) is 7.32. The number of fused-ring (bicyclic) bond motifs is 10. The van der Waals surface area contributed by atoms with Gasteiger partial charge in [0.05, 0.1) is 11.0 Å². The van der Waals surface area contributed by atoms with Crippen LogP contribution in [0.15, 0.2) is 133 Å². The van der Waals surface area contributed by atoms with Crippen LogP contribution in [0.1, 0.15) is 22.3 Å². The van der Waals surface area contributed by atoms with Gasteiger partial charge in [-0.25, -0.2) is 0 Å². The van der Waals surface area contributed by atoms with Gasteiger partial charge < -0.3 is 9.13 Å². The summed E-state index contributed by atoms with van der Waals surface area (Å²) in [7, 11) is 0. The second kappa shape index (κ2) is 12.1. The van der Waals surface area contributed by atoms with Gasteiger partial charge in [-0.05, 0) is 60.4 Å². The van der Waals surface area contributed by atoms with Crippen LogP contribution in [0.25, 0.3) is 55.7 Å². The number of hydrogen-bond donors (Lipinski definition) is 0. The Balaban J connectivity index is 0.000000135. The van der Waals surface area contributed by atoms with Crippen molar-refractivity contribution in [3.63, 3.8) is 0 Å². The Labute approximate surface area is 302 Å². The molecule has 6 aromatic carbocycles. The molecule has 2 nitrogen and oxygen atoms in total. The van der Waals surface area contributed by atoms with Gasteiger partial charge in [0, 0.05) is 33.5 Å². The molecule has 2 aliphatic carbocycles. The largest absolute Gasteiger partial charge is 2.00 e. The van der Waals surface area contributed by atoms with Gasteiger partial charge in [0.1, 0.15) is 0 Å². The Morgan fingerprint density at radius 1 is 0.447 bits per heavy atom. The molecule has 5 heteroatoms. The minimum absolute atomic E-state index is 0. The van der Waals surface area contributed by atoms with Gasteiger partial charge in [-0.1, -0.05) is 82.8 Å². The summed E-state index contributed by atoms with van der Waals surface area (Å²) in [5.74, 6) is 0. The van der Waals surface area contributed by atoms with E-state index in [1.807, 2.05) is 12.1 Å². The summed E-state index contributed by atoms with van der Waals surface area (Å²) in [6.07, 6.45) is 1.79. The van der Waals surface area contributed by atoms with Gasteiger partial charge in [-0.15, -0.1) is 45.5 Å². The molecule has 222 valence electrons. The third kappa shape index (κ3) is 4.96. The average molecular weight is 721 g/mol. The summed E-state index contributed by atoms with van der Waals surface area (Å²) < 4.78 is 4.72. The van der Waals surface area contributed by atoms with Gasteiger partial charge in [-0.2, -0.15) is 36.4 Å². The summed E-state index contributed by atoms with van der Waals surface area (Å²) in [5.41, 5.74) is 15.1. The molecule has 0 amide bonds. The minimum Gasteiger partial charge on any atom is -0.321 e. The predicted octanol–water partition coefficient (Wildman–Crippen LogP) is 11.3. The molecule has 0 radical (unpaired) electrons. The van der Waals surface area contributed by atoms with Crippen molar-refractivity contribution in [2.75, 3.05) is 0 Å². The second-order valence-electron chi connectivity index (χ2n) is 11.8. The zero-order chi connectivity index (χ0) is 30.8. The Kier molecular flexibility index (Phi) is 7.81. The van der Waals surface area contributed by atoms with Crippen LogP contribution in [0.3, 0.4) is 0 Å². The summed E-state index contributed by atoms with van der Waals surface area (Å²) in [4.78, 5) is 0. The van der Waals surface area contributed by atoms with Crippen molar-refractivity contribution in [1.29, 1.82) is 0 Å². The molecular formula is C42H26Cl2N2Zr. The molecule has 0 saturated carbocycles. The summed E-state index contributed by atoms with van der Waals surface area (Å²) in [5, 5.41) is 3.99. The van der Waals surface area contributed by atoms with Crippen molar-refractivity contribution in [1.82, 2.24) is 9.13 Å². The van der Waals surface area contributed by atoms with Crippen molar-refractivity contribution < 1.29 is 26.2 Å². The Hall–Kier alpha value is -4.14. The Morgan fingerprint density at radius 2 is 0.830 bits per heavy atom. The zero-order valence-electron chi connectivity index (χ0n) is 25.3. The van der Waals surface area contributed by atoms with Crippen LogP contribution in [-0.2, 0) is 39.0 Å². The smallest absolute Gasteiger partial charge is 0.321 e. The van der Waals surface area contributed by atoms with Gasteiger partial charge in [0.15, 0.2) is 0 Å². The van der Waals surface area contributed by atoms with Crippen LogP contribution < -0.4 is 0 Å². The second-order valence-corrected chi connectivity index (χ2v) is 12.6. The first-order valence-electron chi connectivity index (χ1n) is 15.4. The van der Waals surface area contributed by atoms with Gasteiger partial charge in [0.25, 0.3) is 0 Å². The summed E-state index contributed by atoms with van der Waals surface area (Å²) in [6.45, 7) is 0. The quantitative estimate of drug-likeness (QED) is 0.157. The van der Waals surface area contributed by atoms with Crippen molar-refractivity contribution in [2.45, 2.75) is 12.8 Å². The Morgan fingerprint density at radius 3 is 1.26 bits per heavy atom. The minimum atomic E-state index is 0. The molecule has 2 heterocycles. The third-order valence-electron chi connectivity index (χ3n) is 9.19. The molecular weight excluding hydrogens is 695 g/mol. The van der Waals surface area contributed by atoms with Crippen LogP contribution in [-0.4, -0.2) is 9.13 Å². The SMILES string of the molecule is Clc1[c-]c2c(cc1)-c1c(c3ccccc3n1-c1ccccc1)C2.Clc1[c-]c2c(cc1)-c1c(c3ccccc3n1-c1ccccc1)C2.[Zr+2]. The first kappa shape index (κ1) is 30.2. The van der Waals surface area contributed by atoms with Crippen molar-refractivity contribution in [3.8, 4) is 33.9 Å². The number of halogens is 2. The maximum Gasteiger partial charge on any atom is 2.00 e. The maximum atomic E-state index is 6.15. The van der Waals surface area contributed by atoms with E-state index in [4.69, 9.17) is 23.2 Å². The molecule has 2 aliphatic rings. The van der Waals surface area contributed by atoms with Crippen molar-refractivity contribution in [3.05, 3.63) is 178 Å². The number of benzene rings is 6. The fraction of sp³-hybridized carbons (Fsp3) is 0.0476. The molecule has 47 heavy (non-hydrogen) atoms. The van der Waals surface area contributed by atoms with E-state index in [0.29, 0.717) is 10.0 Å². The van der Waals surface area contributed by atoms with E-state index < -0.39 is 0 Å². The number of rotatable bonds is 2. The zero-order valence-corrected chi connectivity index (χ0v) is 29.2. The topological polar surface area (TPSA) is 9.86 Å². The van der Waals surface area contributed by atoms with E-state index >= 15 is 0 Å². The number of nitrogens with zero attached hydrogens (tertiary/aromatic N) is 2. The first-order valence-corrected chi connectivity index (χ1v) is 16.2. The van der Waals surface area contributed by atoms with E-state index in [0.717, 1.165) is 12.8 Å². The maximum absolute atomic E-state index is 6.15. The van der Waals surface area contributed by atoms with Crippen molar-refractivity contribution >= 4 is 45.0 Å². The first-order chi connectivity index (χ1) is 22.7. The van der Waals surface area contributed by atoms with Crippen LogP contribution in [0.5, 0.6) is 0 Å². The number of hydrogen-bond acceptors (Lipinski definition) is 0. The fourth-order valence-corrected chi connectivity index (χ4v) is 7.68. The van der Waals surface area contributed by atoms with Gasteiger partial charge in [0.2, 0.25) is 0 Å².